The summed E-state index contributed by atoms with van der Waals surface area (Å²) in [6.07, 6.45) is -0.421. The Balaban J connectivity index is 2.11. The zero-order chi connectivity index (χ0) is 16.9. The molecule has 0 bridgehead atoms. The number of aromatic nitrogens is 1. The minimum Gasteiger partial charge on any atom is -0.481 e. The smallest absolute Gasteiger partial charge is 0.304 e. The molecule has 0 saturated heterocycles. The van der Waals surface area contributed by atoms with Gasteiger partial charge in [0.05, 0.1) is 24.2 Å². The molecule has 0 unspecified atom stereocenters. The quantitative estimate of drug-likeness (QED) is 0.797. The second-order valence-electron chi connectivity index (χ2n) is 4.68. The van der Waals surface area contributed by atoms with Crippen molar-refractivity contribution >= 4 is 27.3 Å². The molecule has 7 nitrogen and oxygen atoms in total. The van der Waals surface area contributed by atoms with Crippen molar-refractivity contribution in [3.63, 3.8) is 0 Å². The van der Waals surface area contributed by atoms with Gasteiger partial charge in [0.25, 0.3) is 0 Å². The molecular formula is C15H16N2O5S. The molecule has 122 valence electrons. The number of carboxylic acids is 1. The number of carbonyl (C=O) groups is 1. The highest BCUT2D eigenvalue weighted by Crippen LogP contribution is 2.20. The third-order valence-electron chi connectivity index (χ3n) is 3.00. The molecule has 8 heteroatoms. The molecule has 23 heavy (non-hydrogen) atoms. The summed E-state index contributed by atoms with van der Waals surface area (Å²) < 4.78 is 29.0. The van der Waals surface area contributed by atoms with E-state index >= 15 is 0 Å². The van der Waals surface area contributed by atoms with Crippen LogP contribution in [0.3, 0.4) is 0 Å². The number of anilines is 2. The van der Waals surface area contributed by atoms with Gasteiger partial charge in [-0.25, -0.2) is 8.42 Å². The van der Waals surface area contributed by atoms with Crippen LogP contribution < -0.4 is 10.1 Å². The van der Waals surface area contributed by atoms with Crippen LogP contribution >= 0.6 is 0 Å². The van der Waals surface area contributed by atoms with Gasteiger partial charge in [-0.1, -0.05) is 6.07 Å². The van der Waals surface area contributed by atoms with Gasteiger partial charge in [-0.05, 0) is 30.3 Å². The Kier molecular flexibility index (Phi) is 5.17. The predicted molar refractivity (Wildman–Crippen MR) is 84.8 cm³/mol. The van der Waals surface area contributed by atoms with Crippen LogP contribution in [-0.2, 0) is 14.6 Å². The van der Waals surface area contributed by atoms with Crippen LogP contribution in [0.1, 0.15) is 6.42 Å². The first kappa shape index (κ1) is 16.8. The van der Waals surface area contributed by atoms with E-state index in [4.69, 9.17) is 9.84 Å². The predicted octanol–water partition coefficient (Wildman–Crippen LogP) is 2.08. The molecule has 1 heterocycles. The summed E-state index contributed by atoms with van der Waals surface area (Å²) in [5.41, 5.74) is 0.655. The molecule has 0 amide bonds. The summed E-state index contributed by atoms with van der Waals surface area (Å²) in [7, 11) is -2.08. The Morgan fingerprint density at radius 3 is 2.52 bits per heavy atom. The molecule has 0 atom stereocenters. The van der Waals surface area contributed by atoms with Crippen LogP contribution in [0.15, 0.2) is 47.4 Å². The van der Waals surface area contributed by atoms with Crippen molar-refractivity contribution in [2.45, 2.75) is 11.3 Å². The summed E-state index contributed by atoms with van der Waals surface area (Å²) >= 11 is 0. The molecule has 0 radical (unpaired) electrons. The van der Waals surface area contributed by atoms with E-state index in [0.717, 1.165) is 0 Å². The standard InChI is InChI=1S/C15H16N2O5S/c1-22-14-4-2-3-13(17-14)16-11-5-7-12(8-6-11)23(20,21)10-9-15(18)19/h2-8H,9-10H2,1H3,(H,16,17)(H,18,19). The Bertz CT molecular complexity index is 788. The monoisotopic (exact) mass is 336 g/mol. The second-order valence-corrected chi connectivity index (χ2v) is 6.79. The van der Waals surface area contributed by atoms with Gasteiger partial charge >= 0.3 is 5.97 Å². The van der Waals surface area contributed by atoms with E-state index in [0.29, 0.717) is 17.4 Å². The van der Waals surface area contributed by atoms with Gasteiger partial charge in [0, 0.05) is 11.8 Å². The fourth-order valence-electron chi connectivity index (χ4n) is 1.83. The van der Waals surface area contributed by atoms with E-state index in [2.05, 4.69) is 10.3 Å². The topological polar surface area (TPSA) is 106 Å². The minimum absolute atomic E-state index is 0.0860. The molecule has 0 saturated carbocycles. The first-order valence-corrected chi connectivity index (χ1v) is 8.38. The molecule has 0 aliphatic heterocycles. The molecule has 2 N–H and O–H groups in total. The van der Waals surface area contributed by atoms with Gasteiger partial charge in [0.1, 0.15) is 5.82 Å². The highest BCUT2D eigenvalue weighted by molar-refractivity contribution is 7.91. The van der Waals surface area contributed by atoms with Crippen LogP contribution in [0.5, 0.6) is 5.88 Å². The summed E-state index contributed by atoms with van der Waals surface area (Å²) in [5.74, 6) is -0.545. The summed E-state index contributed by atoms with van der Waals surface area (Å²) in [5, 5.41) is 11.6. The number of nitrogens with zero attached hydrogens (tertiary/aromatic N) is 1. The van der Waals surface area contributed by atoms with Gasteiger partial charge in [-0.15, -0.1) is 0 Å². The third-order valence-corrected chi connectivity index (χ3v) is 4.74. The van der Waals surface area contributed by atoms with E-state index in [1.54, 1.807) is 30.3 Å². The number of pyridine rings is 1. The lowest BCUT2D eigenvalue weighted by atomic mass is 10.3. The van der Waals surface area contributed by atoms with Crippen LogP contribution in [0.4, 0.5) is 11.5 Å². The van der Waals surface area contributed by atoms with E-state index in [9.17, 15) is 13.2 Å². The van der Waals surface area contributed by atoms with E-state index in [1.165, 1.54) is 19.2 Å². The van der Waals surface area contributed by atoms with Crippen molar-refractivity contribution in [1.82, 2.24) is 4.98 Å². The van der Waals surface area contributed by atoms with Crippen LogP contribution in [0.25, 0.3) is 0 Å². The van der Waals surface area contributed by atoms with E-state index < -0.39 is 28.0 Å². The van der Waals surface area contributed by atoms with Gasteiger partial charge in [0.2, 0.25) is 5.88 Å². The maximum absolute atomic E-state index is 12.0. The number of carboxylic acid groups (broad SMARTS) is 1. The highest BCUT2D eigenvalue weighted by atomic mass is 32.2. The van der Waals surface area contributed by atoms with Crippen LogP contribution in [0.2, 0.25) is 0 Å². The van der Waals surface area contributed by atoms with Crippen molar-refractivity contribution < 1.29 is 23.1 Å². The number of rotatable bonds is 7. The first-order chi connectivity index (χ1) is 10.9. The number of methoxy groups -OCH3 is 1. The zero-order valence-corrected chi connectivity index (χ0v) is 13.2. The second kappa shape index (κ2) is 7.10. The molecule has 0 aliphatic carbocycles. The normalized spacial score (nSPS) is 11.0. The molecule has 1 aromatic carbocycles. The van der Waals surface area contributed by atoms with Crippen molar-refractivity contribution in [2.75, 3.05) is 18.2 Å². The molecule has 1 aromatic heterocycles. The maximum Gasteiger partial charge on any atom is 0.304 e. The number of sulfone groups is 1. The number of ether oxygens (including phenoxy) is 1. The van der Waals surface area contributed by atoms with Crippen molar-refractivity contribution in [2.24, 2.45) is 0 Å². The lowest BCUT2D eigenvalue weighted by Gasteiger charge is -2.08. The number of hydrogen-bond donors (Lipinski definition) is 2. The summed E-state index contributed by atoms with van der Waals surface area (Å²) in [6, 6.07) is 11.3. The fourth-order valence-corrected chi connectivity index (χ4v) is 3.06. The Labute approximate surface area is 133 Å². The van der Waals surface area contributed by atoms with E-state index in [-0.39, 0.29) is 4.90 Å². The molecule has 0 fully saturated rings. The number of hydrogen-bond acceptors (Lipinski definition) is 6. The lowest BCUT2D eigenvalue weighted by molar-refractivity contribution is -0.136. The first-order valence-electron chi connectivity index (χ1n) is 6.73. The number of nitrogens with one attached hydrogen (secondary N) is 1. The summed E-state index contributed by atoms with van der Waals surface area (Å²) in [4.78, 5) is 14.8. The number of benzene rings is 1. The number of aliphatic carboxylic acids is 1. The lowest BCUT2D eigenvalue weighted by Crippen LogP contribution is -2.11. The maximum atomic E-state index is 12.0. The Hall–Kier alpha value is -2.61. The zero-order valence-electron chi connectivity index (χ0n) is 12.4. The third kappa shape index (κ3) is 4.68. The Morgan fingerprint density at radius 1 is 1.22 bits per heavy atom. The van der Waals surface area contributed by atoms with Crippen molar-refractivity contribution in [3.05, 3.63) is 42.5 Å². The van der Waals surface area contributed by atoms with Crippen LogP contribution in [0, 0.1) is 0 Å². The highest BCUT2D eigenvalue weighted by Gasteiger charge is 2.16. The largest absolute Gasteiger partial charge is 0.481 e. The van der Waals surface area contributed by atoms with Crippen molar-refractivity contribution in [1.29, 1.82) is 0 Å². The average Bonchev–Trinajstić information content (AvgIpc) is 2.54. The molecule has 2 aromatic rings. The van der Waals surface area contributed by atoms with Gasteiger partial charge in [0.15, 0.2) is 9.84 Å². The minimum atomic E-state index is -3.60. The fraction of sp³-hybridized carbons (Fsp3) is 0.200. The Morgan fingerprint density at radius 2 is 1.91 bits per heavy atom. The van der Waals surface area contributed by atoms with Gasteiger partial charge in [-0.3, -0.25) is 4.79 Å². The van der Waals surface area contributed by atoms with Crippen molar-refractivity contribution in [3.8, 4) is 5.88 Å². The van der Waals surface area contributed by atoms with Crippen LogP contribution in [-0.4, -0.2) is 37.3 Å². The van der Waals surface area contributed by atoms with Gasteiger partial charge in [-0.2, -0.15) is 4.98 Å². The average molecular weight is 336 g/mol. The SMILES string of the molecule is COc1cccc(Nc2ccc(S(=O)(=O)CCC(=O)O)cc2)n1. The molecule has 0 aliphatic rings. The van der Waals surface area contributed by atoms with E-state index in [1.807, 2.05) is 0 Å². The van der Waals surface area contributed by atoms with Gasteiger partial charge < -0.3 is 15.2 Å². The molecule has 2 rings (SSSR count). The molecular weight excluding hydrogens is 320 g/mol. The summed E-state index contributed by atoms with van der Waals surface area (Å²) in [6.45, 7) is 0. The molecule has 0 spiro atoms.